The number of methoxy groups -OCH3 is 1. The van der Waals surface area contributed by atoms with Gasteiger partial charge in [-0.25, -0.2) is 4.79 Å². The lowest BCUT2D eigenvalue weighted by Crippen LogP contribution is -2.50. The molecule has 0 aliphatic heterocycles. The van der Waals surface area contributed by atoms with Gasteiger partial charge in [-0.1, -0.05) is 90.6 Å². The normalized spacial score (nSPS) is 12.4. The second-order valence-corrected chi connectivity index (χ2v) is 9.44. The predicted molar refractivity (Wildman–Crippen MR) is 142 cm³/mol. The van der Waals surface area contributed by atoms with Crippen LogP contribution in [0.25, 0.3) is 0 Å². The largest absolute Gasteiger partial charge is 0.466 e. The molecular formula is C29H31NO5S. The van der Waals surface area contributed by atoms with Crippen LogP contribution in [0.1, 0.15) is 24.5 Å². The van der Waals surface area contributed by atoms with Crippen molar-refractivity contribution < 1.29 is 23.9 Å². The van der Waals surface area contributed by atoms with Crippen molar-refractivity contribution in [3.63, 3.8) is 0 Å². The van der Waals surface area contributed by atoms with Gasteiger partial charge in [-0.2, -0.15) is 0 Å². The van der Waals surface area contributed by atoms with Crippen LogP contribution in [0.4, 0.5) is 5.69 Å². The summed E-state index contributed by atoms with van der Waals surface area (Å²) in [5.41, 5.74) is 2.47. The number of ether oxygens (including phenoxy) is 2. The van der Waals surface area contributed by atoms with Crippen molar-refractivity contribution >= 4 is 34.4 Å². The van der Waals surface area contributed by atoms with Crippen molar-refractivity contribution in [1.29, 1.82) is 0 Å². The zero-order chi connectivity index (χ0) is 25.8. The molecule has 3 aromatic rings. The zero-order valence-electron chi connectivity index (χ0n) is 20.5. The molecule has 1 unspecified atom stereocenters. The van der Waals surface area contributed by atoms with Crippen LogP contribution in [0.2, 0.25) is 0 Å². The lowest BCUT2D eigenvalue weighted by atomic mass is 9.99. The van der Waals surface area contributed by atoms with Crippen LogP contribution in [-0.4, -0.2) is 36.1 Å². The third kappa shape index (κ3) is 8.07. The van der Waals surface area contributed by atoms with Crippen molar-refractivity contribution in [2.24, 2.45) is 5.92 Å². The molecule has 6 nitrogen and oxygen atoms in total. The van der Waals surface area contributed by atoms with Gasteiger partial charge in [-0.05, 0) is 36.1 Å². The van der Waals surface area contributed by atoms with E-state index in [2.05, 4.69) is 0 Å². The summed E-state index contributed by atoms with van der Waals surface area (Å²) < 4.78 is 11.1. The molecule has 2 atom stereocenters. The van der Waals surface area contributed by atoms with E-state index in [9.17, 15) is 14.4 Å². The maximum atomic E-state index is 14.1. The molecule has 0 heterocycles. The Balaban J connectivity index is 1.92. The van der Waals surface area contributed by atoms with Gasteiger partial charge < -0.3 is 9.47 Å². The van der Waals surface area contributed by atoms with Gasteiger partial charge in [0.05, 0.1) is 13.7 Å². The third-order valence-corrected chi connectivity index (χ3v) is 6.60. The van der Waals surface area contributed by atoms with Crippen molar-refractivity contribution in [3.05, 3.63) is 102 Å². The standard InChI is InChI=1S/C29H31NO5S/c1-22(31)36-21-25(19-18-23-12-6-3-7-13-23)27(32)30(26-16-10-5-11-17-26)28(29(33)34-2)35-20-24-14-8-4-9-15-24/h3-17,25,28H,18-21H2,1-2H3/t25?,28-/m0/s1. The monoisotopic (exact) mass is 505 g/mol. The second-order valence-electron chi connectivity index (χ2n) is 8.24. The molecule has 0 N–H and O–H groups in total. The molecule has 0 bridgehead atoms. The van der Waals surface area contributed by atoms with Crippen LogP contribution < -0.4 is 4.90 Å². The fourth-order valence-electron chi connectivity index (χ4n) is 3.74. The Labute approximate surface area is 216 Å². The van der Waals surface area contributed by atoms with Gasteiger partial charge in [0.1, 0.15) is 0 Å². The highest BCUT2D eigenvalue weighted by Crippen LogP contribution is 2.26. The number of benzene rings is 3. The highest BCUT2D eigenvalue weighted by Gasteiger charge is 2.36. The SMILES string of the molecule is COC(=O)[C@H](OCc1ccccc1)N(C(=O)C(CCc1ccccc1)CSC(C)=O)c1ccccc1. The maximum Gasteiger partial charge on any atom is 0.356 e. The second kappa shape index (κ2) is 14.2. The lowest BCUT2D eigenvalue weighted by Gasteiger charge is -2.32. The first-order chi connectivity index (χ1) is 17.5. The van der Waals surface area contributed by atoms with E-state index in [1.54, 1.807) is 24.3 Å². The van der Waals surface area contributed by atoms with Gasteiger partial charge in [0.2, 0.25) is 12.1 Å². The Hall–Kier alpha value is -3.42. The molecule has 0 saturated carbocycles. The van der Waals surface area contributed by atoms with E-state index < -0.39 is 18.1 Å². The van der Waals surface area contributed by atoms with Crippen LogP contribution in [0.3, 0.4) is 0 Å². The molecule has 1 amide bonds. The molecule has 188 valence electrons. The Morgan fingerprint density at radius 2 is 1.39 bits per heavy atom. The molecule has 0 fully saturated rings. The minimum atomic E-state index is -1.29. The van der Waals surface area contributed by atoms with Crippen molar-refractivity contribution in [1.82, 2.24) is 0 Å². The van der Waals surface area contributed by atoms with E-state index in [0.717, 1.165) is 22.9 Å². The number of thioether (sulfide) groups is 1. The fourth-order valence-corrected chi connectivity index (χ4v) is 4.49. The highest BCUT2D eigenvalue weighted by molar-refractivity contribution is 8.13. The van der Waals surface area contributed by atoms with E-state index >= 15 is 0 Å². The topological polar surface area (TPSA) is 72.9 Å². The highest BCUT2D eigenvalue weighted by atomic mass is 32.2. The van der Waals surface area contributed by atoms with Crippen LogP contribution in [0.5, 0.6) is 0 Å². The third-order valence-electron chi connectivity index (χ3n) is 5.62. The summed E-state index contributed by atoms with van der Waals surface area (Å²) in [4.78, 5) is 40.1. The number of rotatable bonds is 12. The first-order valence-corrected chi connectivity index (χ1v) is 12.8. The van der Waals surface area contributed by atoms with Gasteiger partial charge in [-0.15, -0.1) is 0 Å². The minimum absolute atomic E-state index is 0.0661. The molecule has 0 spiro atoms. The summed E-state index contributed by atoms with van der Waals surface area (Å²) in [5, 5.41) is -0.0661. The van der Waals surface area contributed by atoms with E-state index in [-0.39, 0.29) is 17.6 Å². The molecule has 0 aliphatic carbocycles. The van der Waals surface area contributed by atoms with Gasteiger partial charge in [-0.3, -0.25) is 14.5 Å². The zero-order valence-corrected chi connectivity index (χ0v) is 21.4. The van der Waals surface area contributed by atoms with E-state index in [1.807, 2.05) is 66.7 Å². The number of carbonyl (C=O) groups is 3. The number of hydrogen-bond donors (Lipinski definition) is 0. The molecule has 0 saturated heterocycles. The number of para-hydroxylation sites is 1. The first-order valence-electron chi connectivity index (χ1n) is 11.8. The molecule has 36 heavy (non-hydrogen) atoms. The Morgan fingerprint density at radius 3 is 1.94 bits per heavy atom. The van der Waals surface area contributed by atoms with E-state index in [0.29, 0.717) is 24.3 Å². The number of esters is 1. The summed E-state index contributed by atoms with van der Waals surface area (Å²) in [6, 6.07) is 28.2. The molecule has 3 aromatic carbocycles. The number of hydrogen-bond acceptors (Lipinski definition) is 6. The average Bonchev–Trinajstić information content (AvgIpc) is 2.91. The summed E-state index contributed by atoms with van der Waals surface area (Å²) in [5.74, 6) is -1.19. The van der Waals surface area contributed by atoms with Gasteiger partial charge in [0, 0.05) is 24.3 Å². The summed E-state index contributed by atoms with van der Waals surface area (Å²) in [7, 11) is 1.27. The smallest absolute Gasteiger partial charge is 0.356 e. The van der Waals surface area contributed by atoms with E-state index in [1.165, 1.54) is 18.9 Å². The van der Waals surface area contributed by atoms with Crippen LogP contribution >= 0.6 is 11.8 Å². The molecule has 0 aliphatic rings. The molecule has 3 rings (SSSR count). The van der Waals surface area contributed by atoms with E-state index in [4.69, 9.17) is 9.47 Å². The van der Waals surface area contributed by atoms with Crippen LogP contribution in [-0.2, 0) is 36.9 Å². The van der Waals surface area contributed by atoms with Crippen molar-refractivity contribution in [3.8, 4) is 0 Å². The van der Waals surface area contributed by atoms with Crippen molar-refractivity contribution in [2.75, 3.05) is 17.8 Å². The number of nitrogens with zero attached hydrogens (tertiary/aromatic N) is 1. The Bertz CT molecular complexity index is 1110. The minimum Gasteiger partial charge on any atom is -0.466 e. The number of anilines is 1. The number of carbonyl (C=O) groups excluding carboxylic acids is 3. The van der Waals surface area contributed by atoms with Crippen LogP contribution in [0, 0.1) is 5.92 Å². The van der Waals surface area contributed by atoms with Crippen LogP contribution in [0.15, 0.2) is 91.0 Å². The molecular weight excluding hydrogens is 474 g/mol. The Morgan fingerprint density at radius 1 is 0.833 bits per heavy atom. The lowest BCUT2D eigenvalue weighted by molar-refractivity contribution is -0.157. The van der Waals surface area contributed by atoms with Gasteiger partial charge in [0.25, 0.3) is 0 Å². The molecule has 0 aromatic heterocycles. The summed E-state index contributed by atoms with van der Waals surface area (Å²) >= 11 is 1.11. The number of amides is 1. The Kier molecular flexibility index (Phi) is 10.7. The van der Waals surface area contributed by atoms with Crippen molar-refractivity contribution in [2.45, 2.75) is 32.6 Å². The summed E-state index contributed by atoms with van der Waals surface area (Å²) in [6.07, 6.45) is -0.114. The maximum absolute atomic E-state index is 14.1. The molecule has 0 radical (unpaired) electrons. The van der Waals surface area contributed by atoms with Gasteiger partial charge >= 0.3 is 5.97 Å². The molecule has 7 heteroatoms. The number of aryl methyl sites for hydroxylation is 1. The summed E-state index contributed by atoms with van der Waals surface area (Å²) in [6.45, 7) is 1.60. The fraction of sp³-hybridized carbons (Fsp3) is 0.276. The predicted octanol–water partition coefficient (Wildman–Crippen LogP) is 5.26. The average molecular weight is 506 g/mol. The van der Waals surface area contributed by atoms with Gasteiger partial charge in [0.15, 0.2) is 5.12 Å². The first kappa shape index (κ1) is 27.2. The quantitative estimate of drug-likeness (QED) is 0.247.